The molecule has 6 amide bonds. The number of benzene rings is 4. The summed E-state index contributed by atoms with van der Waals surface area (Å²) < 4.78 is 11.3. The quantitative estimate of drug-likeness (QED) is 0.0265. The number of rotatable bonds is 22. The van der Waals surface area contributed by atoms with Crippen LogP contribution in [-0.2, 0) is 36.8 Å². The van der Waals surface area contributed by atoms with Crippen molar-refractivity contribution in [1.82, 2.24) is 36.5 Å². The van der Waals surface area contributed by atoms with Crippen LogP contribution in [0.25, 0.3) is 11.1 Å². The van der Waals surface area contributed by atoms with Crippen molar-refractivity contribution in [1.29, 1.82) is 5.26 Å². The Labute approximate surface area is 460 Å². The lowest BCUT2D eigenvalue weighted by molar-refractivity contribution is -0.127. The number of ketones is 2. The number of fused-ring (bicyclic) bond motifs is 6. The molecule has 79 heavy (non-hydrogen) atoms. The van der Waals surface area contributed by atoms with Crippen molar-refractivity contribution < 1.29 is 58.0 Å². The minimum atomic E-state index is -0.647. The molecule has 5 aromatic rings. The topological polar surface area (TPSA) is 296 Å². The maximum absolute atomic E-state index is 13.9. The standard InChI is InChI=1S/C58H60N8O12S/c1-32(2)79-57-34(28-59)18-20-43(65-57)56(75)62-24-21-45(67)63-30-47(69)64-29-46(68)60-22-9-25-66(58(76)78-31-42-37-13-6-4-11-35(37)36-12-5-7-14-38(36)42)26-10-23-61-55(74)33-17-19-39-41(27-33)53(72)49-50(51(39)70)54(73)48-40(52(49)71)15-8-16-44(48)77-3/h4-8,11-16,18,20,32-33,42,70,72H,9-10,17,19,21-27,29-31H2,1-3H3,(H,60,68)(H,61,74)(H,62,75)(H,63,67)(H,64,69)/t33-/m0/s1. The molecule has 0 saturated carbocycles. The van der Waals surface area contributed by atoms with Gasteiger partial charge in [0, 0.05) is 72.9 Å². The van der Waals surface area contributed by atoms with E-state index in [2.05, 4.69) is 37.6 Å². The summed E-state index contributed by atoms with van der Waals surface area (Å²) in [5, 5.41) is 46.0. The van der Waals surface area contributed by atoms with Gasteiger partial charge >= 0.3 is 6.09 Å². The Hall–Kier alpha value is -8.77. The molecule has 0 aliphatic heterocycles. The fourth-order valence-electron chi connectivity index (χ4n) is 10.1. The maximum atomic E-state index is 13.9. The summed E-state index contributed by atoms with van der Waals surface area (Å²) in [6.07, 6.45) is 0.335. The number of carbonyl (C=O) groups excluding carboxylic acids is 8. The van der Waals surface area contributed by atoms with Crippen LogP contribution < -0.4 is 31.3 Å². The largest absolute Gasteiger partial charge is 0.507 e. The number of nitriles is 1. The highest BCUT2D eigenvalue weighted by Crippen LogP contribution is 2.48. The van der Waals surface area contributed by atoms with E-state index in [-0.39, 0.29) is 128 Å². The number of hydrogen-bond acceptors (Lipinski definition) is 15. The summed E-state index contributed by atoms with van der Waals surface area (Å²) in [4.78, 5) is 111. The van der Waals surface area contributed by atoms with E-state index in [1.54, 1.807) is 6.07 Å². The minimum absolute atomic E-state index is 0.00122. The second-order valence-corrected chi connectivity index (χ2v) is 21.0. The highest BCUT2D eigenvalue weighted by atomic mass is 32.2. The van der Waals surface area contributed by atoms with Crippen LogP contribution in [-0.4, -0.2) is 132 Å². The number of thioether (sulfide) groups is 1. The molecule has 21 heteroatoms. The van der Waals surface area contributed by atoms with Crippen molar-refractivity contribution >= 4 is 59.0 Å². The average Bonchev–Trinajstić information content (AvgIpc) is 3.98. The van der Waals surface area contributed by atoms with Gasteiger partial charge in [-0.25, -0.2) is 9.78 Å². The number of methoxy groups -OCH3 is 1. The lowest BCUT2D eigenvalue weighted by atomic mass is 9.75. The molecule has 1 atom stereocenters. The zero-order chi connectivity index (χ0) is 56.3. The van der Waals surface area contributed by atoms with E-state index >= 15 is 0 Å². The summed E-state index contributed by atoms with van der Waals surface area (Å²) >= 11 is 1.35. The number of nitrogens with one attached hydrogen (secondary N) is 5. The summed E-state index contributed by atoms with van der Waals surface area (Å²) in [6, 6.07) is 25.5. The molecule has 4 aromatic carbocycles. The van der Waals surface area contributed by atoms with Crippen molar-refractivity contribution in [3.05, 3.63) is 135 Å². The lowest BCUT2D eigenvalue weighted by Crippen LogP contribution is -2.43. The summed E-state index contributed by atoms with van der Waals surface area (Å²) in [6.45, 7) is 3.73. The Bertz CT molecular complexity index is 3240. The Kier molecular flexibility index (Phi) is 18.3. The SMILES string of the molecule is COc1cccc2c1C(=O)c1c(O)c3c(c(O)c1C2=O)C[C@@H](C(=O)NCCCN(CCCNC(=O)CNC(=O)CNC(=O)CCNC(=O)c1ccc(C#N)c(SC(C)C)n1)C(=O)OCC1c2ccccc2-c2ccccc21)CC3. The Morgan fingerprint density at radius 2 is 1.35 bits per heavy atom. The number of pyridine rings is 1. The highest BCUT2D eigenvalue weighted by Gasteiger charge is 2.41. The molecule has 1 heterocycles. The fraction of sp³-hybridized carbons (Fsp3) is 0.345. The van der Waals surface area contributed by atoms with E-state index in [0.29, 0.717) is 29.0 Å². The summed E-state index contributed by atoms with van der Waals surface area (Å²) in [5.41, 5.74) is 4.63. The van der Waals surface area contributed by atoms with Gasteiger partial charge in [0.15, 0.2) is 5.78 Å². The van der Waals surface area contributed by atoms with Crippen LogP contribution in [0.4, 0.5) is 4.79 Å². The number of phenolic OH excluding ortho intramolecular Hbond substituents is 2. The molecule has 0 saturated heterocycles. The van der Waals surface area contributed by atoms with Gasteiger partial charge in [0.05, 0.1) is 42.5 Å². The first-order valence-corrected chi connectivity index (χ1v) is 26.9. The molecule has 0 spiro atoms. The van der Waals surface area contributed by atoms with E-state index in [1.165, 1.54) is 48.0 Å². The molecule has 3 aliphatic rings. The molecule has 0 radical (unpaired) electrons. The first-order valence-electron chi connectivity index (χ1n) is 26.0. The van der Waals surface area contributed by atoms with Gasteiger partial charge < -0.3 is 51.2 Å². The van der Waals surface area contributed by atoms with Crippen LogP contribution in [0.1, 0.15) is 116 Å². The Morgan fingerprint density at radius 1 is 0.734 bits per heavy atom. The predicted octanol–water partition coefficient (Wildman–Crippen LogP) is 5.07. The van der Waals surface area contributed by atoms with Crippen LogP contribution in [0.3, 0.4) is 0 Å². The van der Waals surface area contributed by atoms with Gasteiger partial charge in [-0.05, 0) is 72.6 Å². The van der Waals surface area contributed by atoms with E-state index in [0.717, 1.165) is 22.3 Å². The van der Waals surface area contributed by atoms with Crippen molar-refractivity contribution in [3.8, 4) is 34.4 Å². The average molecular weight is 1090 g/mol. The summed E-state index contributed by atoms with van der Waals surface area (Å²) in [5.74, 6) is -5.31. The molecular weight excluding hydrogens is 1030 g/mol. The normalized spacial score (nSPS) is 13.8. The molecule has 7 N–H and O–H groups in total. The first-order chi connectivity index (χ1) is 38.1. The number of amides is 6. The number of hydrogen-bond donors (Lipinski definition) is 7. The second kappa shape index (κ2) is 25.6. The van der Waals surface area contributed by atoms with E-state index in [4.69, 9.17) is 9.47 Å². The van der Waals surface area contributed by atoms with Crippen molar-refractivity contribution in [2.24, 2.45) is 5.92 Å². The van der Waals surface area contributed by atoms with Gasteiger partial charge in [-0.15, -0.1) is 11.8 Å². The third-order valence-corrected chi connectivity index (χ3v) is 14.9. The Balaban J connectivity index is 0.804. The molecule has 410 valence electrons. The summed E-state index contributed by atoms with van der Waals surface area (Å²) in [7, 11) is 1.37. The molecule has 1 aromatic heterocycles. The molecule has 20 nitrogen and oxygen atoms in total. The second-order valence-electron chi connectivity index (χ2n) is 19.4. The van der Waals surface area contributed by atoms with Gasteiger partial charge in [-0.3, -0.25) is 33.6 Å². The molecule has 3 aliphatic carbocycles. The van der Waals surface area contributed by atoms with E-state index in [1.807, 2.05) is 62.4 Å². The predicted molar refractivity (Wildman–Crippen MR) is 290 cm³/mol. The number of aromatic nitrogens is 1. The van der Waals surface area contributed by atoms with Crippen molar-refractivity contribution in [2.45, 2.75) is 68.6 Å². The van der Waals surface area contributed by atoms with Crippen LogP contribution in [0.15, 0.2) is 83.9 Å². The van der Waals surface area contributed by atoms with E-state index in [9.17, 15) is 53.8 Å². The molecule has 0 unspecified atom stereocenters. The third kappa shape index (κ3) is 12.8. The fourth-order valence-corrected chi connectivity index (χ4v) is 10.9. The van der Waals surface area contributed by atoms with Crippen LogP contribution in [0.5, 0.6) is 17.2 Å². The zero-order valence-electron chi connectivity index (χ0n) is 43.9. The number of nitrogens with zero attached hydrogens (tertiary/aromatic N) is 3. The Morgan fingerprint density at radius 3 is 2.03 bits per heavy atom. The maximum Gasteiger partial charge on any atom is 0.409 e. The van der Waals surface area contributed by atoms with Crippen molar-refractivity contribution in [3.63, 3.8) is 0 Å². The van der Waals surface area contributed by atoms with Gasteiger partial charge in [0.1, 0.15) is 40.6 Å². The number of ether oxygens (including phenoxy) is 2. The van der Waals surface area contributed by atoms with Gasteiger partial charge in [0.25, 0.3) is 5.91 Å². The lowest BCUT2D eigenvalue weighted by Gasteiger charge is -2.29. The number of phenols is 2. The monoisotopic (exact) mass is 1090 g/mol. The van der Waals surface area contributed by atoms with Crippen LogP contribution in [0, 0.1) is 17.2 Å². The first kappa shape index (κ1) is 56.4. The smallest absolute Gasteiger partial charge is 0.409 e. The minimum Gasteiger partial charge on any atom is -0.507 e. The van der Waals surface area contributed by atoms with Crippen molar-refractivity contribution in [2.75, 3.05) is 59.5 Å². The van der Waals surface area contributed by atoms with Gasteiger partial charge in [-0.2, -0.15) is 5.26 Å². The van der Waals surface area contributed by atoms with Gasteiger partial charge in [-0.1, -0.05) is 74.5 Å². The molecule has 0 fully saturated rings. The zero-order valence-corrected chi connectivity index (χ0v) is 44.7. The molecule has 8 rings (SSSR count). The number of carbonyl (C=O) groups is 8. The highest BCUT2D eigenvalue weighted by molar-refractivity contribution is 7.99. The third-order valence-electron chi connectivity index (χ3n) is 13.9. The number of aromatic hydroxyl groups is 2. The van der Waals surface area contributed by atoms with E-state index < -0.39 is 65.3 Å². The molecular formula is C58H60N8O12S. The molecule has 0 bridgehead atoms. The van der Waals surface area contributed by atoms with Gasteiger partial charge in [0.2, 0.25) is 29.4 Å². The van der Waals surface area contributed by atoms with Crippen LogP contribution in [0.2, 0.25) is 0 Å². The van der Waals surface area contributed by atoms with Crippen LogP contribution >= 0.6 is 11.8 Å².